The number of hydrogen-bond acceptors (Lipinski definition) is 5. The molecule has 1 saturated heterocycles. The Hall–Kier alpha value is -3.20. The minimum Gasteiger partial charge on any atom is -0.338 e. The molecule has 1 N–H and O–H groups in total. The molecule has 3 aromatic rings. The average molecular weight is 430 g/mol. The fourth-order valence-corrected chi connectivity index (χ4v) is 3.64. The Bertz CT molecular complexity index is 1030. The summed E-state index contributed by atoms with van der Waals surface area (Å²) in [6.45, 7) is 1.69. The molecule has 2 heterocycles. The van der Waals surface area contributed by atoms with Crippen LogP contribution in [0.5, 0.6) is 0 Å². The number of aromatic nitrogens is 2. The number of piperidine rings is 1. The van der Waals surface area contributed by atoms with E-state index in [1.807, 2.05) is 30.3 Å². The molecule has 2 aromatic carbocycles. The van der Waals surface area contributed by atoms with E-state index in [4.69, 9.17) is 4.52 Å². The first kappa shape index (κ1) is 21.0. The highest BCUT2D eigenvalue weighted by molar-refractivity contribution is 5.93. The lowest BCUT2D eigenvalue weighted by atomic mass is 9.95. The zero-order valence-corrected chi connectivity index (χ0v) is 16.6. The van der Waals surface area contributed by atoms with Crippen LogP contribution in [0, 0.1) is 5.92 Å². The lowest BCUT2D eigenvalue weighted by Crippen LogP contribution is -2.38. The molecule has 31 heavy (non-hydrogen) atoms. The van der Waals surface area contributed by atoms with Crippen molar-refractivity contribution in [2.45, 2.75) is 25.6 Å². The molecule has 1 aliphatic heterocycles. The molecule has 4 rings (SSSR count). The van der Waals surface area contributed by atoms with Crippen LogP contribution in [0.15, 0.2) is 59.1 Å². The Kier molecular flexibility index (Phi) is 6.03. The summed E-state index contributed by atoms with van der Waals surface area (Å²) in [7, 11) is 0. The second-order valence-corrected chi connectivity index (χ2v) is 7.46. The first-order valence-corrected chi connectivity index (χ1v) is 9.97. The molecule has 1 aliphatic rings. The minimum absolute atomic E-state index is 0.207. The van der Waals surface area contributed by atoms with Gasteiger partial charge in [-0.1, -0.05) is 47.6 Å². The molecule has 0 saturated carbocycles. The highest BCUT2D eigenvalue weighted by Crippen LogP contribution is 2.35. The number of para-hydroxylation sites is 1. The van der Waals surface area contributed by atoms with Crippen LogP contribution in [0.2, 0.25) is 0 Å². The standard InChI is InChI=1S/C22H21F3N4O2/c23-22(24,25)17-8-4-5-9-18(17)26-21(30)16-10-12-29(13-11-16)14-19-27-20(28-31-19)15-6-2-1-3-7-15/h1-9,16H,10-14H2,(H,26,30). The van der Waals surface area contributed by atoms with Gasteiger partial charge in [-0.3, -0.25) is 9.69 Å². The van der Waals surface area contributed by atoms with Gasteiger partial charge in [0.2, 0.25) is 17.6 Å². The number of anilines is 1. The molecule has 0 unspecified atom stereocenters. The lowest BCUT2D eigenvalue weighted by Gasteiger charge is -2.30. The fourth-order valence-electron chi connectivity index (χ4n) is 3.64. The number of hydrogen-bond donors (Lipinski definition) is 1. The van der Waals surface area contributed by atoms with Crippen LogP contribution in [0.4, 0.5) is 18.9 Å². The van der Waals surface area contributed by atoms with Crippen LogP contribution in [0.1, 0.15) is 24.3 Å². The van der Waals surface area contributed by atoms with Gasteiger partial charge in [0, 0.05) is 11.5 Å². The van der Waals surface area contributed by atoms with E-state index < -0.39 is 11.7 Å². The fraction of sp³-hybridized carbons (Fsp3) is 0.318. The summed E-state index contributed by atoms with van der Waals surface area (Å²) in [5.74, 6) is 0.273. The van der Waals surface area contributed by atoms with E-state index in [2.05, 4.69) is 20.4 Å². The molecule has 0 atom stereocenters. The maximum absolute atomic E-state index is 13.1. The van der Waals surface area contributed by atoms with E-state index >= 15 is 0 Å². The maximum Gasteiger partial charge on any atom is 0.418 e. The molecular formula is C22H21F3N4O2. The Morgan fingerprint density at radius 1 is 1.06 bits per heavy atom. The topological polar surface area (TPSA) is 71.3 Å². The average Bonchev–Trinajstić information content (AvgIpc) is 3.23. The Labute approximate surface area is 177 Å². The zero-order chi connectivity index (χ0) is 21.8. The van der Waals surface area contributed by atoms with Gasteiger partial charge in [0.1, 0.15) is 0 Å². The quantitative estimate of drug-likeness (QED) is 0.640. The number of benzene rings is 2. The number of carbonyl (C=O) groups excluding carboxylic acids is 1. The van der Waals surface area contributed by atoms with Gasteiger partial charge in [0.15, 0.2) is 0 Å². The first-order chi connectivity index (χ1) is 14.9. The molecule has 1 fully saturated rings. The predicted octanol–water partition coefficient (Wildman–Crippen LogP) is 4.61. The van der Waals surface area contributed by atoms with E-state index in [1.165, 1.54) is 18.2 Å². The highest BCUT2D eigenvalue weighted by Gasteiger charge is 2.34. The minimum atomic E-state index is -4.52. The van der Waals surface area contributed by atoms with Crippen molar-refractivity contribution in [2.75, 3.05) is 18.4 Å². The molecule has 0 radical (unpaired) electrons. The Morgan fingerprint density at radius 2 is 1.74 bits per heavy atom. The van der Waals surface area contributed by atoms with Crippen LogP contribution in [0.3, 0.4) is 0 Å². The summed E-state index contributed by atoms with van der Waals surface area (Å²) < 4.78 is 44.7. The summed E-state index contributed by atoms with van der Waals surface area (Å²) >= 11 is 0. The predicted molar refractivity (Wildman–Crippen MR) is 108 cm³/mol. The summed E-state index contributed by atoms with van der Waals surface area (Å²) in [5, 5.41) is 6.46. The largest absolute Gasteiger partial charge is 0.418 e. The number of rotatable bonds is 5. The van der Waals surface area contributed by atoms with Crippen LogP contribution < -0.4 is 5.32 Å². The van der Waals surface area contributed by atoms with Crippen LogP contribution in [-0.4, -0.2) is 34.0 Å². The van der Waals surface area contributed by atoms with Gasteiger partial charge in [-0.05, 0) is 38.1 Å². The molecule has 162 valence electrons. The van der Waals surface area contributed by atoms with E-state index in [0.29, 0.717) is 44.2 Å². The van der Waals surface area contributed by atoms with Crippen molar-refractivity contribution in [1.82, 2.24) is 15.0 Å². The number of alkyl halides is 3. The van der Waals surface area contributed by atoms with E-state index in [-0.39, 0.29) is 17.5 Å². The summed E-state index contributed by atoms with van der Waals surface area (Å²) in [4.78, 5) is 19.0. The molecule has 1 aromatic heterocycles. The third kappa shape index (κ3) is 5.11. The first-order valence-electron chi connectivity index (χ1n) is 9.97. The van der Waals surface area contributed by atoms with Crippen LogP contribution in [0.25, 0.3) is 11.4 Å². The molecule has 0 spiro atoms. The second-order valence-electron chi connectivity index (χ2n) is 7.46. The number of amides is 1. The number of halogens is 3. The van der Waals surface area contributed by atoms with Gasteiger partial charge >= 0.3 is 6.18 Å². The van der Waals surface area contributed by atoms with Gasteiger partial charge in [0.25, 0.3) is 0 Å². The second kappa shape index (κ2) is 8.89. The van der Waals surface area contributed by atoms with Gasteiger partial charge < -0.3 is 9.84 Å². The SMILES string of the molecule is O=C(Nc1ccccc1C(F)(F)F)C1CCN(Cc2nc(-c3ccccc3)no2)CC1. The van der Waals surface area contributed by atoms with E-state index in [1.54, 1.807) is 0 Å². The molecule has 0 bridgehead atoms. The van der Waals surface area contributed by atoms with Gasteiger partial charge in [-0.25, -0.2) is 0 Å². The van der Waals surface area contributed by atoms with Crippen molar-refractivity contribution >= 4 is 11.6 Å². The molecule has 6 nitrogen and oxygen atoms in total. The van der Waals surface area contributed by atoms with Gasteiger partial charge in [-0.15, -0.1) is 0 Å². The number of likely N-dealkylation sites (tertiary alicyclic amines) is 1. The molecule has 1 amide bonds. The monoisotopic (exact) mass is 430 g/mol. The van der Waals surface area contributed by atoms with Gasteiger partial charge in [0.05, 0.1) is 17.8 Å². The van der Waals surface area contributed by atoms with E-state index in [0.717, 1.165) is 11.6 Å². The number of nitrogens with one attached hydrogen (secondary N) is 1. The van der Waals surface area contributed by atoms with Gasteiger partial charge in [-0.2, -0.15) is 18.2 Å². The maximum atomic E-state index is 13.1. The third-order valence-electron chi connectivity index (χ3n) is 5.31. The third-order valence-corrected chi connectivity index (χ3v) is 5.31. The Morgan fingerprint density at radius 3 is 2.45 bits per heavy atom. The molecule has 0 aliphatic carbocycles. The lowest BCUT2D eigenvalue weighted by molar-refractivity contribution is -0.137. The van der Waals surface area contributed by atoms with E-state index in [9.17, 15) is 18.0 Å². The Balaban J connectivity index is 1.31. The van der Waals surface area contributed by atoms with Crippen LogP contribution >= 0.6 is 0 Å². The summed E-state index contributed by atoms with van der Waals surface area (Å²) in [6.07, 6.45) is -3.44. The van der Waals surface area contributed by atoms with Crippen molar-refractivity contribution in [1.29, 1.82) is 0 Å². The van der Waals surface area contributed by atoms with Crippen molar-refractivity contribution in [3.05, 3.63) is 66.1 Å². The summed E-state index contributed by atoms with van der Waals surface area (Å²) in [6, 6.07) is 14.5. The molecule has 9 heteroatoms. The van der Waals surface area contributed by atoms with Crippen molar-refractivity contribution in [3.63, 3.8) is 0 Å². The molecular weight excluding hydrogens is 409 g/mol. The normalized spacial score (nSPS) is 15.7. The van der Waals surface area contributed by atoms with Crippen molar-refractivity contribution in [2.24, 2.45) is 5.92 Å². The van der Waals surface area contributed by atoms with Crippen molar-refractivity contribution < 1.29 is 22.5 Å². The zero-order valence-electron chi connectivity index (χ0n) is 16.6. The number of nitrogens with zero attached hydrogens (tertiary/aromatic N) is 3. The smallest absolute Gasteiger partial charge is 0.338 e. The summed E-state index contributed by atoms with van der Waals surface area (Å²) in [5.41, 5.74) is -0.180. The van der Waals surface area contributed by atoms with Crippen molar-refractivity contribution in [3.8, 4) is 11.4 Å². The number of carbonyl (C=O) groups is 1. The highest BCUT2D eigenvalue weighted by atomic mass is 19.4. The van der Waals surface area contributed by atoms with Crippen LogP contribution in [-0.2, 0) is 17.5 Å².